The molecule has 0 atom stereocenters. The van der Waals surface area contributed by atoms with Gasteiger partial charge in [-0.05, 0) is 30.3 Å². The first-order valence-electron chi connectivity index (χ1n) is 6.36. The second kappa shape index (κ2) is 5.66. The Kier molecular flexibility index (Phi) is 3.71. The maximum absolute atomic E-state index is 13.6. The number of nitrogens with zero attached hydrogens (tertiary/aromatic N) is 1. The highest BCUT2D eigenvalue weighted by atomic mass is 35.5. The number of benzene rings is 2. The molecular weight excluding hydrogens is 294 g/mol. The first-order valence-corrected chi connectivity index (χ1v) is 6.74. The number of pyridine rings is 1. The van der Waals surface area contributed by atoms with Crippen molar-refractivity contribution in [3.8, 4) is 0 Å². The number of anilines is 1. The van der Waals surface area contributed by atoms with Crippen LogP contribution in [0.5, 0.6) is 0 Å². The summed E-state index contributed by atoms with van der Waals surface area (Å²) in [7, 11) is 0. The van der Waals surface area contributed by atoms with Gasteiger partial charge in [-0.3, -0.25) is 4.98 Å². The smallest absolute Gasteiger partial charge is 0.131 e. The van der Waals surface area contributed by atoms with E-state index in [0.29, 0.717) is 16.1 Å². The summed E-state index contributed by atoms with van der Waals surface area (Å²) in [5.41, 5.74) is 1.85. The van der Waals surface area contributed by atoms with Crippen LogP contribution in [0.2, 0.25) is 5.02 Å². The minimum absolute atomic E-state index is 0.236. The zero-order valence-electron chi connectivity index (χ0n) is 10.9. The van der Waals surface area contributed by atoms with Crippen LogP contribution in [0.3, 0.4) is 0 Å². The molecule has 5 heteroatoms. The predicted molar refractivity (Wildman–Crippen MR) is 80.4 cm³/mol. The molecule has 1 N–H and O–H groups in total. The normalized spacial score (nSPS) is 10.8. The number of rotatable bonds is 3. The lowest BCUT2D eigenvalue weighted by atomic mass is 10.1. The highest BCUT2D eigenvalue weighted by molar-refractivity contribution is 6.35. The molecule has 21 heavy (non-hydrogen) atoms. The number of fused-ring (bicyclic) bond motifs is 1. The largest absolute Gasteiger partial charge is 0.379 e. The van der Waals surface area contributed by atoms with Gasteiger partial charge in [0.15, 0.2) is 0 Å². The van der Waals surface area contributed by atoms with E-state index in [1.165, 1.54) is 12.1 Å². The standard InChI is InChI=1S/C16H11ClF2N2/c17-13-5-6-15(16-12(13)2-1-7-20-16)21-9-10-3-4-11(18)8-14(10)19/h1-8,21H,9H2. The third-order valence-electron chi connectivity index (χ3n) is 3.20. The summed E-state index contributed by atoms with van der Waals surface area (Å²) in [6.45, 7) is 0.236. The fourth-order valence-electron chi connectivity index (χ4n) is 2.14. The molecule has 0 bridgehead atoms. The van der Waals surface area contributed by atoms with Gasteiger partial charge < -0.3 is 5.32 Å². The molecular formula is C16H11ClF2N2. The Morgan fingerprint density at radius 2 is 1.95 bits per heavy atom. The Morgan fingerprint density at radius 1 is 1.10 bits per heavy atom. The van der Waals surface area contributed by atoms with Gasteiger partial charge in [0.1, 0.15) is 11.6 Å². The summed E-state index contributed by atoms with van der Waals surface area (Å²) in [5.74, 6) is -1.16. The van der Waals surface area contributed by atoms with Crippen LogP contribution in [-0.4, -0.2) is 4.98 Å². The molecule has 0 saturated carbocycles. The van der Waals surface area contributed by atoms with Crippen LogP contribution in [0.25, 0.3) is 10.9 Å². The van der Waals surface area contributed by atoms with E-state index in [0.717, 1.165) is 17.1 Å². The second-order valence-electron chi connectivity index (χ2n) is 4.58. The van der Waals surface area contributed by atoms with Crippen molar-refractivity contribution in [3.63, 3.8) is 0 Å². The Bertz CT molecular complexity index is 805. The van der Waals surface area contributed by atoms with Gasteiger partial charge >= 0.3 is 0 Å². The lowest BCUT2D eigenvalue weighted by Crippen LogP contribution is -2.03. The van der Waals surface area contributed by atoms with Crippen LogP contribution < -0.4 is 5.32 Å². The van der Waals surface area contributed by atoms with Gasteiger partial charge in [0, 0.05) is 29.8 Å². The van der Waals surface area contributed by atoms with E-state index < -0.39 is 11.6 Å². The third kappa shape index (κ3) is 2.81. The van der Waals surface area contributed by atoms with Gasteiger partial charge in [-0.25, -0.2) is 8.78 Å². The number of halogens is 3. The maximum atomic E-state index is 13.6. The number of hydrogen-bond donors (Lipinski definition) is 1. The third-order valence-corrected chi connectivity index (χ3v) is 3.53. The zero-order chi connectivity index (χ0) is 14.8. The lowest BCUT2D eigenvalue weighted by Gasteiger charge is -2.10. The molecule has 0 fully saturated rings. The van der Waals surface area contributed by atoms with E-state index in [1.807, 2.05) is 6.07 Å². The quantitative estimate of drug-likeness (QED) is 0.753. The van der Waals surface area contributed by atoms with Crippen LogP contribution in [0, 0.1) is 11.6 Å². The summed E-state index contributed by atoms with van der Waals surface area (Å²) < 4.78 is 26.5. The monoisotopic (exact) mass is 304 g/mol. The molecule has 106 valence electrons. The van der Waals surface area contributed by atoms with Gasteiger partial charge in [-0.15, -0.1) is 0 Å². The van der Waals surface area contributed by atoms with Crippen molar-refractivity contribution in [1.82, 2.24) is 4.98 Å². The fourth-order valence-corrected chi connectivity index (χ4v) is 2.35. The fraction of sp³-hybridized carbons (Fsp3) is 0.0625. The van der Waals surface area contributed by atoms with Crippen molar-refractivity contribution >= 4 is 28.2 Å². The molecule has 0 radical (unpaired) electrons. The van der Waals surface area contributed by atoms with Crippen LogP contribution in [0.15, 0.2) is 48.7 Å². The summed E-state index contributed by atoms with van der Waals surface area (Å²) in [6, 6.07) is 10.7. The molecule has 1 aromatic heterocycles. The molecule has 0 aliphatic rings. The van der Waals surface area contributed by atoms with Crippen molar-refractivity contribution in [3.05, 3.63) is 70.9 Å². The van der Waals surface area contributed by atoms with Crippen molar-refractivity contribution in [2.24, 2.45) is 0 Å². The highest BCUT2D eigenvalue weighted by Gasteiger charge is 2.07. The first kappa shape index (κ1) is 13.8. The van der Waals surface area contributed by atoms with Crippen LogP contribution in [0.4, 0.5) is 14.5 Å². The SMILES string of the molecule is Fc1ccc(CNc2ccc(Cl)c3cccnc23)c(F)c1. The summed E-state index contributed by atoms with van der Waals surface area (Å²) in [5, 5.41) is 4.54. The molecule has 0 spiro atoms. The predicted octanol–water partition coefficient (Wildman–Crippen LogP) is 4.78. The Labute approximate surface area is 125 Å². The summed E-state index contributed by atoms with van der Waals surface area (Å²) in [4.78, 5) is 4.29. The average molecular weight is 305 g/mol. The Morgan fingerprint density at radius 3 is 2.76 bits per heavy atom. The molecule has 2 aromatic carbocycles. The van der Waals surface area contributed by atoms with E-state index >= 15 is 0 Å². The van der Waals surface area contributed by atoms with Gasteiger partial charge in [0.05, 0.1) is 16.2 Å². The number of nitrogens with one attached hydrogen (secondary N) is 1. The van der Waals surface area contributed by atoms with Gasteiger partial charge in [0.2, 0.25) is 0 Å². The van der Waals surface area contributed by atoms with Crippen molar-refractivity contribution < 1.29 is 8.78 Å². The van der Waals surface area contributed by atoms with Gasteiger partial charge in [-0.1, -0.05) is 17.7 Å². The van der Waals surface area contributed by atoms with Gasteiger partial charge in [0.25, 0.3) is 0 Å². The molecule has 0 aliphatic carbocycles. The lowest BCUT2D eigenvalue weighted by molar-refractivity contribution is 0.574. The van der Waals surface area contributed by atoms with E-state index in [2.05, 4.69) is 10.3 Å². The van der Waals surface area contributed by atoms with E-state index in [4.69, 9.17) is 11.6 Å². The van der Waals surface area contributed by atoms with Crippen molar-refractivity contribution in [2.75, 3.05) is 5.32 Å². The summed E-state index contributed by atoms with van der Waals surface area (Å²) in [6.07, 6.45) is 1.67. The average Bonchev–Trinajstić information content (AvgIpc) is 2.48. The molecule has 1 heterocycles. The van der Waals surface area contributed by atoms with Crippen molar-refractivity contribution in [1.29, 1.82) is 0 Å². The van der Waals surface area contributed by atoms with Crippen LogP contribution in [-0.2, 0) is 6.54 Å². The molecule has 0 saturated heterocycles. The zero-order valence-corrected chi connectivity index (χ0v) is 11.7. The Balaban J connectivity index is 1.90. The minimum Gasteiger partial charge on any atom is -0.379 e. The molecule has 0 aliphatic heterocycles. The molecule has 3 aromatic rings. The van der Waals surface area contributed by atoms with Crippen LogP contribution in [0.1, 0.15) is 5.56 Å². The van der Waals surface area contributed by atoms with Gasteiger partial charge in [-0.2, -0.15) is 0 Å². The maximum Gasteiger partial charge on any atom is 0.131 e. The van der Waals surface area contributed by atoms with E-state index in [-0.39, 0.29) is 6.54 Å². The Hall–Kier alpha value is -2.20. The number of aromatic nitrogens is 1. The highest BCUT2D eigenvalue weighted by Crippen LogP contribution is 2.28. The van der Waals surface area contributed by atoms with Crippen molar-refractivity contribution in [2.45, 2.75) is 6.54 Å². The van der Waals surface area contributed by atoms with Crippen LogP contribution >= 0.6 is 11.6 Å². The molecule has 2 nitrogen and oxygen atoms in total. The molecule has 3 rings (SSSR count). The molecule has 0 unspecified atom stereocenters. The minimum atomic E-state index is -0.588. The van der Waals surface area contributed by atoms with E-state index in [9.17, 15) is 8.78 Å². The topological polar surface area (TPSA) is 24.9 Å². The summed E-state index contributed by atoms with van der Waals surface area (Å²) >= 11 is 6.12. The molecule has 0 amide bonds. The first-order chi connectivity index (χ1) is 10.1. The number of hydrogen-bond acceptors (Lipinski definition) is 2. The second-order valence-corrected chi connectivity index (χ2v) is 4.99. The van der Waals surface area contributed by atoms with E-state index in [1.54, 1.807) is 24.4 Å².